The zero-order chi connectivity index (χ0) is 26.3. The van der Waals surface area contributed by atoms with Crippen molar-refractivity contribution in [3.63, 3.8) is 0 Å². The zero-order valence-corrected chi connectivity index (χ0v) is 20.5. The number of hydrogen-bond acceptors (Lipinski definition) is 10. The van der Waals surface area contributed by atoms with Gasteiger partial charge >= 0.3 is 17.9 Å². The van der Waals surface area contributed by atoms with E-state index in [1.54, 1.807) is 24.3 Å². The number of aliphatic carboxylic acids is 1. The minimum Gasteiger partial charge on any atom is -0.493 e. The number of carboxylic acids is 1. The molecular formula is C26H26O11. The highest BCUT2D eigenvalue weighted by Crippen LogP contribution is 2.56. The van der Waals surface area contributed by atoms with Crippen LogP contribution in [0.2, 0.25) is 0 Å². The second-order valence-corrected chi connectivity index (χ2v) is 8.89. The summed E-state index contributed by atoms with van der Waals surface area (Å²) >= 11 is 0. The van der Waals surface area contributed by atoms with Gasteiger partial charge in [-0.25, -0.2) is 0 Å². The van der Waals surface area contributed by atoms with Crippen LogP contribution in [0.25, 0.3) is 0 Å². The predicted molar refractivity (Wildman–Crippen MR) is 124 cm³/mol. The fourth-order valence-corrected chi connectivity index (χ4v) is 5.35. The molecule has 37 heavy (non-hydrogen) atoms. The van der Waals surface area contributed by atoms with Gasteiger partial charge in [-0.2, -0.15) is 0 Å². The lowest BCUT2D eigenvalue weighted by atomic mass is 9.66. The number of methoxy groups -OCH3 is 3. The van der Waals surface area contributed by atoms with E-state index < -0.39 is 41.8 Å². The lowest BCUT2D eigenvalue weighted by molar-refractivity contribution is -0.156. The van der Waals surface area contributed by atoms with Crippen LogP contribution in [-0.4, -0.2) is 57.7 Å². The number of carbonyl (C=O) groups is 3. The Labute approximate surface area is 212 Å². The molecule has 0 aromatic heterocycles. The van der Waals surface area contributed by atoms with Gasteiger partial charge in [0.25, 0.3) is 0 Å². The second kappa shape index (κ2) is 9.72. The van der Waals surface area contributed by atoms with Crippen molar-refractivity contribution in [1.29, 1.82) is 0 Å². The normalized spacial score (nSPS) is 22.9. The number of hydrogen-bond donors (Lipinski definition) is 1. The Balaban J connectivity index is 1.66. The van der Waals surface area contributed by atoms with Gasteiger partial charge in [0, 0.05) is 17.4 Å². The van der Waals surface area contributed by atoms with Crippen LogP contribution in [-0.2, 0) is 23.9 Å². The van der Waals surface area contributed by atoms with E-state index in [2.05, 4.69) is 0 Å². The maximum Gasteiger partial charge on any atom is 0.310 e. The van der Waals surface area contributed by atoms with Crippen molar-refractivity contribution in [2.24, 2.45) is 11.8 Å². The van der Waals surface area contributed by atoms with E-state index in [4.69, 9.17) is 38.3 Å². The van der Waals surface area contributed by atoms with Crippen LogP contribution in [0, 0.1) is 11.8 Å². The molecule has 0 amide bonds. The average molecular weight is 514 g/mol. The van der Waals surface area contributed by atoms with E-state index in [1.165, 1.54) is 21.3 Å². The van der Waals surface area contributed by atoms with Gasteiger partial charge in [-0.05, 0) is 35.4 Å². The molecule has 0 saturated carbocycles. The van der Waals surface area contributed by atoms with E-state index in [1.807, 2.05) is 0 Å². The van der Waals surface area contributed by atoms with Crippen LogP contribution < -0.4 is 23.7 Å². The summed E-state index contributed by atoms with van der Waals surface area (Å²) in [4.78, 5) is 36.7. The van der Waals surface area contributed by atoms with Crippen molar-refractivity contribution in [2.75, 3.05) is 34.7 Å². The number of carbonyl (C=O) groups excluding carboxylic acids is 2. The van der Waals surface area contributed by atoms with Crippen LogP contribution in [0.15, 0.2) is 24.3 Å². The van der Waals surface area contributed by atoms with E-state index >= 15 is 0 Å². The summed E-state index contributed by atoms with van der Waals surface area (Å²) < 4.78 is 39.0. The highest BCUT2D eigenvalue weighted by atomic mass is 16.7. The van der Waals surface area contributed by atoms with E-state index in [9.17, 15) is 14.4 Å². The Morgan fingerprint density at radius 2 is 1.57 bits per heavy atom. The zero-order valence-electron chi connectivity index (χ0n) is 20.5. The third-order valence-corrected chi connectivity index (χ3v) is 6.97. The van der Waals surface area contributed by atoms with E-state index in [0.29, 0.717) is 45.4 Å². The van der Waals surface area contributed by atoms with Crippen LogP contribution in [0.3, 0.4) is 0 Å². The minimum atomic E-state index is -1.11. The first-order valence-corrected chi connectivity index (χ1v) is 11.7. The molecule has 2 aromatic rings. The van der Waals surface area contributed by atoms with Crippen molar-refractivity contribution in [3.8, 4) is 28.7 Å². The highest BCUT2D eigenvalue weighted by Gasteiger charge is 2.54. The molecule has 0 bridgehead atoms. The SMILES string of the molecule is COc1cc([C@H]2c3cc4c(cc3[C@@H](OC(=O)CCC(=O)O)[C@H]3COC(=O)[C@H]23)OCO4)cc(OC)c1OC. The van der Waals surface area contributed by atoms with Crippen molar-refractivity contribution in [2.45, 2.75) is 24.9 Å². The molecular weight excluding hydrogens is 488 g/mol. The predicted octanol–water partition coefficient (Wildman–Crippen LogP) is 2.82. The molecule has 4 atom stereocenters. The number of carboxylic acid groups (broad SMARTS) is 1. The Hall–Kier alpha value is -4.15. The number of benzene rings is 2. The first-order valence-electron chi connectivity index (χ1n) is 11.7. The van der Waals surface area contributed by atoms with Gasteiger partial charge in [0.15, 0.2) is 23.0 Å². The summed E-state index contributed by atoms with van der Waals surface area (Å²) in [6.07, 6.45) is -1.51. The molecule has 2 aromatic carbocycles. The van der Waals surface area contributed by atoms with E-state index in [-0.39, 0.29) is 26.2 Å². The van der Waals surface area contributed by atoms with Crippen LogP contribution >= 0.6 is 0 Å². The summed E-state index contributed by atoms with van der Waals surface area (Å²) in [5.74, 6) is -1.73. The summed E-state index contributed by atoms with van der Waals surface area (Å²) in [6, 6.07) is 7.09. The Bertz CT molecular complexity index is 1230. The molecule has 1 saturated heterocycles. The number of rotatable bonds is 8. The average Bonchev–Trinajstić information content (AvgIpc) is 3.51. The maximum absolute atomic E-state index is 13.1. The monoisotopic (exact) mass is 514 g/mol. The third kappa shape index (κ3) is 4.24. The van der Waals surface area contributed by atoms with Gasteiger partial charge in [-0.1, -0.05) is 0 Å². The fraction of sp³-hybridized carbons (Fsp3) is 0.423. The Morgan fingerprint density at radius 3 is 2.16 bits per heavy atom. The molecule has 1 N–H and O–H groups in total. The number of esters is 2. The number of fused-ring (bicyclic) bond motifs is 3. The summed E-state index contributed by atoms with van der Waals surface area (Å²) in [6.45, 7) is 0.0697. The summed E-state index contributed by atoms with van der Waals surface area (Å²) in [7, 11) is 4.52. The lowest BCUT2D eigenvalue weighted by Crippen LogP contribution is -2.36. The highest BCUT2D eigenvalue weighted by molar-refractivity contribution is 5.80. The largest absolute Gasteiger partial charge is 0.493 e. The van der Waals surface area contributed by atoms with Crippen molar-refractivity contribution >= 4 is 17.9 Å². The molecule has 11 heteroatoms. The van der Waals surface area contributed by atoms with Gasteiger partial charge in [-0.15, -0.1) is 0 Å². The molecule has 11 nitrogen and oxygen atoms in total. The molecule has 0 spiro atoms. The molecule has 196 valence electrons. The molecule has 2 heterocycles. The van der Waals surface area contributed by atoms with Gasteiger partial charge in [-0.3, -0.25) is 14.4 Å². The first kappa shape index (κ1) is 24.5. The summed E-state index contributed by atoms with van der Waals surface area (Å²) in [5.41, 5.74) is 2.03. The first-order chi connectivity index (χ1) is 17.9. The molecule has 0 radical (unpaired) electrons. The van der Waals surface area contributed by atoms with Crippen LogP contribution in [0.1, 0.15) is 41.6 Å². The molecule has 2 aliphatic heterocycles. The quantitative estimate of drug-likeness (QED) is 0.521. The smallest absolute Gasteiger partial charge is 0.310 e. The molecule has 1 fully saturated rings. The Kier molecular flexibility index (Phi) is 6.45. The van der Waals surface area contributed by atoms with Gasteiger partial charge in [0.1, 0.15) is 6.10 Å². The topological polar surface area (TPSA) is 136 Å². The summed E-state index contributed by atoms with van der Waals surface area (Å²) in [5, 5.41) is 8.97. The fourth-order valence-electron chi connectivity index (χ4n) is 5.35. The van der Waals surface area contributed by atoms with Gasteiger partial charge in [0.2, 0.25) is 12.5 Å². The van der Waals surface area contributed by atoms with Crippen molar-refractivity contribution < 1.29 is 52.6 Å². The standard InChI is InChI=1S/C26H26O11/c1-31-18-6-12(7-19(32-2)25(18)33-3)22-13-8-16-17(36-11-35-16)9-14(13)24(15-10-34-26(30)23(15)22)37-21(29)5-4-20(27)28/h6-9,15,22-24H,4-5,10-11H2,1-3H3,(H,27,28)/t15-,22-,23-,24+/m0/s1. The minimum absolute atomic E-state index is 0.0328. The molecule has 1 aliphatic carbocycles. The van der Waals surface area contributed by atoms with Gasteiger partial charge < -0.3 is 38.3 Å². The molecule has 5 rings (SSSR count). The molecule has 3 aliphatic rings. The van der Waals surface area contributed by atoms with Crippen LogP contribution in [0.4, 0.5) is 0 Å². The van der Waals surface area contributed by atoms with Gasteiger partial charge in [0.05, 0.1) is 46.7 Å². The lowest BCUT2D eigenvalue weighted by Gasteiger charge is -2.38. The van der Waals surface area contributed by atoms with Crippen molar-refractivity contribution in [1.82, 2.24) is 0 Å². The number of cyclic esters (lactones) is 1. The van der Waals surface area contributed by atoms with E-state index in [0.717, 1.165) is 0 Å². The third-order valence-electron chi connectivity index (χ3n) is 6.97. The maximum atomic E-state index is 13.1. The van der Waals surface area contributed by atoms with Crippen LogP contribution in [0.5, 0.6) is 28.7 Å². The number of ether oxygens (including phenoxy) is 7. The van der Waals surface area contributed by atoms with Crippen molar-refractivity contribution in [3.05, 3.63) is 41.0 Å². The second-order valence-electron chi connectivity index (χ2n) is 8.89. The molecule has 0 unspecified atom stereocenters. The Morgan fingerprint density at radius 1 is 0.919 bits per heavy atom.